The summed E-state index contributed by atoms with van der Waals surface area (Å²) in [5, 5.41) is 4.30. The van der Waals surface area contributed by atoms with Crippen molar-refractivity contribution in [3.63, 3.8) is 0 Å². The number of aromatic nitrogens is 1. The molecule has 0 amide bonds. The largest absolute Gasteiger partial charge is 0.347 e. The fraction of sp³-hybridized carbons (Fsp3) is 0.471. The van der Waals surface area contributed by atoms with Crippen LogP contribution in [0.4, 0.5) is 0 Å². The van der Waals surface area contributed by atoms with Crippen LogP contribution in [0.15, 0.2) is 12.1 Å². The van der Waals surface area contributed by atoms with Crippen LogP contribution in [0.5, 0.6) is 0 Å². The SMILES string of the molecule is Cc1cc(C)c2c(c1)c(C(=O)CNC(C)C)c(C)n2C. The van der Waals surface area contributed by atoms with E-state index in [0.717, 1.165) is 16.6 Å². The molecule has 1 heterocycles. The fourth-order valence-corrected chi connectivity index (χ4v) is 2.86. The number of carbonyl (C=O) groups excluding carboxylic acids is 1. The van der Waals surface area contributed by atoms with Gasteiger partial charge in [0.2, 0.25) is 0 Å². The number of ketones is 1. The van der Waals surface area contributed by atoms with Crippen molar-refractivity contribution in [2.75, 3.05) is 6.54 Å². The Morgan fingerprint density at radius 1 is 1.25 bits per heavy atom. The Labute approximate surface area is 121 Å². The van der Waals surface area contributed by atoms with Gasteiger partial charge in [-0.1, -0.05) is 25.5 Å². The number of benzene rings is 1. The highest BCUT2D eigenvalue weighted by atomic mass is 16.1. The van der Waals surface area contributed by atoms with E-state index in [9.17, 15) is 4.79 Å². The molecule has 1 aromatic heterocycles. The maximum Gasteiger partial charge on any atom is 0.179 e. The van der Waals surface area contributed by atoms with Crippen LogP contribution in [-0.4, -0.2) is 22.9 Å². The first-order chi connectivity index (χ1) is 9.32. The number of Topliss-reactive ketones (excluding diaryl/α,β-unsaturated/α-hetero) is 1. The number of fused-ring (bicyclic) bond motifs is 1. The summed E-state index contributed by atoms with van der Waals surface area (Å²) in [4.78, 5) is 12.5. The van der Waals surface area contributed by atoms with Crippen LogP contribution in [0.3, 0.4) is 0 Å². The minimum absolute atomic E-state index is 0.173. The van der Waals surface area contributed by atoms with E-state index in [1.54, 1.807) is 0 Å². The molecule has 2 rings (SSSR count). The lowest BCUT2D eigenvalue weighted by Gasteiger charge is -2.07. The Kier molecular flexibility index (Phi) is 4.00. The second-order valence-electron chi connectivity index (χ2n) is 5.96. The van der Waals surface area contributed by atoms with Gasteiger partial charge >= 0.3 is 0 Å². The predicted octanol–water partition coefficient (Wildman–Crippen LogP) is 3.28. The van der Waals surface area contributed by atoms with Gasteiger partial charge in [-0.15, -0.1) is 0 Å². The Morgan fingerprint density at radius 2 is 1.90 bits per heavy atom. The molecule has 0 unspecified atom stereocenters. The number of hydrogen-bond donors (Lipinski definition) is 1. The molecule has 0 atom stereocenters. The van der Waals surface area contributed by atoms with Gasteiger partial charge in [-0.05, 0) is 32.4 Å². The van der Waals surface area contributed by atoms with E-state index in [0.29, 0.717) is 12.6 Å². The van der Waals surface area contributed by atoms with E-state index in [1.165, 1.54) is 16.6 Å². The zero-order valence-corrected chi connectivity index (χ0v) is 13.3. The monoisotopic (exact) mass is 272 g/mol. The van der Waals surface area contributed by atoms with Crippen molar-refractivity contribution in [2.24, 2.45) is 7.05 Å². The van der Waals surface area contributed by atoms with Gasteiger partial charge in [0.05, 0.1) is 12.1 Å². The van der Waals surface area contributed by atoms with Crippen LogP contribution in [0.25, 0.3) is 10.9 Å². The van der Waals surface area contributed by atoms with Gasteiger partial charge in [-0.2, -0.15) is 0 Å². The highest BCUT2D eigenvalue weighted by Crippen LogP contribution is 2.29. The third-order valence-corrected chi connectivity index (χ3v) is 3.86. The molecule has 0 radical (unpaired) electrons. The fourth-order valence-electron chi connectivity index (χ4n) is 2.86. The minimum Gasteiger partial charge on any atom is -0.347 e. The number of aryl methyl sites for hydroxylation is 3. The average molecular weight is 272 g/mol. The molecular weight excluding hydrogens is 248 g/mol. The summed E-state index contributed by atoms with van der Waals surface area (Å²) in [6.07, 6.45) is 0. The second-order valence-corrected chi connectivity index (χ2v) is 5.96. The van der Waals surface area contributed by atoms with Gasteiger partial charge in [-0.3, -0.25) is 4.79 Å². The molecule has 3 nitrogen and oxygen atoms in total. The first-order valence-corrected chi connectivity index (χ1v) is 7.15. The predicted molar refractivity (Wildman–Crippen MR) is 84.6 cm³/mol. The molecule has 1 aromatic carbocycles. The summed E-state index contributed by atoms with van der Waals surface area (Å²) >= 11 is 0. The standard InChI is InChI=1S/C17H24N2O/c1-10(2)18-9-15(20)16-13(5)19(6)17-12(4)7-11(3)8-14(16)17/h7-8,10,18H,9H2,1-6H3. The van der Waals surface area contributed by atoms with E-state index < -0.39 is 0 Å². The van der Waals surface area contributed by atoms with Crippen LogP contribution < -0.4 is 5.32 Å². The van der Waals surface area contributed by atoms with E-state index in [-0.39, 0.29) is 5.78 Å². The van der Waals surface area contributed by atoms with Crippen LogP contribution in [0, 0.1) is 20.8 Å². The van der Waals surface area contributed by atoms with Crippen molar-refractivity contribution < 1.29 is 4.79 Å². The zero-order valence-electron chi connectivity index (χ0n) is 13.3. The molecule has 20 heavy (non-hydrogen) atoms. The molecule has 0 spiro atoms. The number of nitrogens with zero attached hydrogens (tertiary/aromatic N) is 1. The molecule has 2 aromatic rings. The summed E-state index contributed by atoms with van der Waals surface area (Å²) in [6, 6.07) is 4.61. The third kappa shape index (κ3) is 2.50. The third-order valence-electron chi connectivity index (χ3n) is 3.86. The van der Waals surface area contributed by atoms with Crippen molar-refractivity contribution in [1.29, 1.82) is 0 Å². The summed E-state index contributed by atoms with van der Waals surface area (Å²) < 4.78 is 2.13. The summed E-state index contributed by atoms with van der Waals surface area (Å²) in [5.74, 6) is 0.173. The van der Waals surface area contributed by atoms with Crippen molar-refractivity contribution in [3.05, 3.63) is 34.5 Å². The van der Waals surface area contributed by atoms with Crippen molar-refractivity contribution in [2.45, 2.75) is 40.7 Å². The van der Waals surface area contributed by atoms with Crippen LogP contribution in [-0.2, 0) is 7.05 Å². The lowest BCUT2D eigenvalue weighted by Crippen LogP contribution is -2.29. The van der Waals surface area contributed by atoms with Crippen molar-refractivity contribution in [3.8, 4) is 0 Å². The lowest BCUT2D eigenvalue weighted by atomic mass is 10.0. The maximum absolute atomic E-state index is 12.5. The molecule has 0 saturated carbocycles. The van der Waals surface area contributed by atoms with Gasteiger partial charge in [0.15, 0.2) is 5.78 Å². The van der Waals surface area contributed by atoms with Gasteiger partial charge in [0, 0.05) is 29.7 Å². The molecule has 0 aliphatic carbocycles. The highest BCUT2D eigenvalue weighted by Gasteiger charge is 2.19. The Hall–Kier alpha value is -1.61. The highest BCUT2D eigenvalue weighted by molar-refractivity contribution is 6.11. The molecular formula is C17H24N2O. The molecule has 108 valence electrons. The number of nitrogens with one attached hydrogen (secondary N) is 1. The van der Waals surface area contributed by atoms with Gasteiger partial charge < -0.3 is 9.88 Å². The second kappa shape index (κ2) is 5.41. The van der Waals surface area contributed by atoms with Crippen molar-refractivity contribution >= 4 is 16.7 Å². The molecule has 0 aliphatic heterocycles. The lowest BCUT2D eigenvalue weighted by molar-refractivity contribution is 0.0989. The quantitative estimate of drug-likeness (QED) is 0.867. The number of carbonyl (C=O) groups is 1. The Morgan fingerprint density at radius 3 is 2.50 bits per heavy atom. The first-order valence-electron chi connectivity index (χ1n) is 7.15. The Balaban J connectivity index is 2.58. The van der Waals surface area contributed by atoms with Gasteiger partial charge in [-0.25, -0.2) is 0 Å². The molecule has 0 bridgehead atoms. The number of rotatable bonds is 4. The summed E-state index contributed by atoms with van der Waals surface area (Å²) in [7, 11) is 2.03. The zero-order chi connectivity index (χ0) is 15.0. The van der Waals surface area contributed by atoms with Crippen LogP contribution in [0.1, 0.15) is 41.0 Å². The summed E-state index contributed by atoms with van der Waals surface area (Å²) in [6.45, 7) is 10.7. The van der Waals surface area contributed by atoms with E-state index >= 15 is 0 Å². The summed E-state index contributed by atoms with van der Waals surface area (Å²) in [5.41, 5.74) is 5.50. The Bertz CT molecular complexity index is 665. The van der Waals surface area contributed by atoms with Crippen LogP contribution in [0.2, 0.25) is 0 Å². The molecule has 1 N–H and O–H groups in total. The molecule has 0 aliphatic rings. The van der Waals surface area contributed by atoms with Crippen molar-refractivity contribution in [1.82, 2.24) is 9.88 Å². The molecule has 3 heteroatoms. The van der Waals surface area contributed by atoms with Crippen LogP contribution >= 0.6 is 0 Å². The smallest absolute Gasteiger partial charge is 0.179 e. The maximum atomic E-state index is 12.5. The average Bonchev–Trinajstić information content (AvgIpc) is 2.59. The normalized spacial score (nSPS) is 11.6. The van der Waals surface area contributed by atoms with Gasteiger partial charge in [0.1, 0.15) is 0 Å². The molecule has 0 saturated heterocycles. The molecule has 0 fully saturated rings. The van der Waals surface area contributed by atoms with E-state index in [1.807, 2.05) is 14.0 Å². The minimum atomic E-state index is 0.173. The van der Waals surface area contributed by atoms with E-state index in [2.05, 4.69) is 49.7 Å². The number of hydrogen-bond acceptors (Lipinski definition) is 2. The first kappa shape index (κ1) is 14.8. The van der Waals surface area contributed by atoms with Gasteiger partial charge in [0.25, 0.3) is 0 Å². The van der Waals surface area contributed by atoms with E-state index in [4.69, 9.17) is 0 Å². The topological polar surface area (TPSA) is 34.0 Å².